The minimum absolute atomic E-state index is 0. The van der Waals surface area contributed by atoms with E-state index in [2.05, 4.69) is 55.7 Å². The summed E-state index contributed by atoms with van der Waals surface area (Å²) in [7, 11) is 1.59. The van der Waals surface area contributed by atoms with E-state index < -0.39 is 23.9 Å². The lowest BCUT2D eigenvalue weighted by atomic mass is 9.94. The van der Waals surface area contributed by atoms with Crippen LogP contribution < -0.4 is 25.0 Å². The normalized spacial score (nSPS) is 15.6. The third kappa shape index (κ3) is 11.0. The molecule has 2 N–H and O–H groups in total. The number of ether oxygens (including phenoxy) is 3. The molecule has 1 aliphatic rings. The summed E-state index contributed by atoms with van der Waals surface area (Å²) < 4.78 is 33.1. The Labute approximate surface area is 313 Å². The van der Waals surface area contributed by atoms with Crippen molar-refractivity contribution in [2.45, 2.75) is 65.2 Å². The van der Waals surface area contributed by atoms with Gasteiger partial charge in [0, 0.05) is 35.5 Å². The molecule has 5 rings (SSSR count). The number of halogens is 2. The third-order valence-corrected chi connectivity index (χ3v) is 8.70. The zero-order valence-corrected chi connectivity index (χ0v) is 31.3. The average Bonchev–Trinajstić information content (AvgIpc) is 3.22. The summed E-state index contributed by atoms with van der Waals surface area (Å²) in [5.74, 6) is -0.0666. The van der Waals surface area contributed by atoms with E-state index in [1.54, 1.807) is 30.2 Å². The van der Waals surface area contributed by atoms with Crippen LogP contribution in [-0.4, -0.2) is 51.3 Å². The van der Waals surface area contributed by atoms with Gasteiger partial charge < -0.3 is 29.7 Å². The molecule has 0 saturated carbocycles. The Balaban J connectivity index is 0.00000605. The van der Waals surface area contributed by atoms with E-state index in [1.807, 2.05) is 48.5 Å². The monoisotopic (exact) mass is 731 g/mol. The molecule has 1 heterocycles. The molecule has 0 saturated heterocycles. The summed E-state index contributed by atoms with van der Waals surface area (Å²) in [6.07, 6.45) is 0.807. The molecule has 0 bridgehead atoms. The Morgan fingerprint density at radius 3 is 2.33 bits per heavy atom. The van der Waals surface area contributed by atoms with E-state index in [9.17, 15) is 14.0 Å². The number of carbonyl (C=O) groups is 2. The van der Waals surface area contributed by atoms with Crippen molar-refractivity contribution in [3.05, 3.63) is 125 Å². The number of carbonyl (C=O) groups excluding carboxylic acids is 2. The average molecular weight is 732 g/mol. The van der Waals surface area contributed by atoms with E-state index >= 15 is 0 Å². The standard InChI is InChI=1S/C42H50FN3O5.ClH/c1-42(2,3)29-46-35-22-11-9-19-32(35)39(51-37(41(46)48)27-38(47)45-28-31-18-8-10-21-34(31)43)33-20-12-23-36(40(33)49-4)50-26-14-25-44-24-13-17-30-15-6-5-7-16-30;/h5-12,15-16,18-23,37,39,44H,13-14,17,24-29H2,1-4H3,(H,45,47);1H/t37-,39+;/m0./s1. The first-order valence-corrected chi connectivity index (χ1v) is 17.7. The van der Waals surface area contributed by atoms with Crippen LogP contribution in [-0.2, 0) is 27.3 Å². The van der Waals surface area contributed by atoms with Gasteiger partial charge in [0.2, 0.25) is 5.91 Å². The number of rotatable bonds is 16. The third-order valence-electron chi connectivity index (χ3n) is 8.70. The van der Waals surface area contributed by atoms with Crippen molar-refractivity contribution >= 4 is 29.9 Å². The lowest BCUT2D eigenvalue weighted by Gasteiger charge is -2.31. The van der Waals surface area contributed by atoms with Crippen LogP contribution in [0.2, 0.25) is 0 Å². The molecule has 0 aromatic heterocycles. The summed E-state index contributed by atoms with van der Waals surface area (Å²) in [6.45, 7) is 8.83. The first-order chi connectivity index (χ1) is 24.6. The molecule has 0 unspecified atom stereocenters. The molecule has 10 heteroatoms. The molecular formula is C42H51ClFN3O5. The smallest absolute Gasteiger partial charge is 0.256 e. The van der Waals surface area contributed by atoms with Gasteiger partial charge in [-0.25, -0.2) is 4.39 Å². The van der Waals surface area contributed by atoms with Crippen LogP contribution in [0.1, 0.15) is 68.4 Å². The van der Waals surface area contributed by atoms with Crippen molar-refractivity contribution in [3.63, 3.8) is 0 Å². The maximum absolute atomic E-state index is 14.3. The van der Waals surface area contributed by atoms with Crippen molar-refractivity contribution in [2.75, 3.05) is 38.3 Å². The van der Waals surface area contributed by atoms with Crippen molar-refractivity contribution in [2.24, 2.45) is 5.41 Å². The lowest BCUT2D eigenvalue weighted by molar-refractivity contribution is -0.138. The summed E-state index contributed by atoms with van der Waals surface area (Å²) in [5.41, 5.74) is 3.63. The van der Waals surface area contributed by atoms with Crippen LogP contribution in [0.25, 0.3) is 0 Å². The highest BCUT2D eigenvalue weighted by Crippen LogP contribution is 2.45. The van der Waals surface area contributed by atoms with E-state index in [1.165, 1.54) is 11.6 Å². The van der Waals surface area contributed by atoms with Gasteiger partial charge in [0.25, 0.3) is 5.91 Å². The Kier molecular flexibility index (Phi) is 15.1. The summed E-state index contributed by atoms with van der Waals surface area (Å²) in [4.78, 5) is 29.3. The molecule has 1 aliphatic heterocycles. The van der Waals surface area contributed by atoms with E-state index in [0.29, 0.717) is 41.5 Å². The maximum atomic E-state index is 14.3. The summed E-state index contributed by atoms with van der Waals surface area (Å²) in [6, 6.07) is 30.1. The fourth-order valence-corrected chi connectivity index (χ4v) is 6.27. The van der Waals surface area contributed by atoms with Crippen LogP contribution in [0.15, 0.2) is 97.1 Å². The number of methoxy groups -OCH3 is 1. The number of anilines is 1. The van der Waals surface area contributed by atoms with Crippen LogP contribution in [0.5, 0.6) is 11.5 Å². The molecule has 0 radical (unpaired) electrons. The molecule has 0 spiro atoms. The van der Waals surface area contributed by atoms with Crippen molar-refractivity contribution in [3.8, 4) is 11.5 Å². The quantitative estimate of drug-likeness (QED) is 0.114. The fourth-order valence-electron chi connectivity index (χ4n) is 6.27. The highest BCUT2D eigenvalue weighted by Gasteiger charge is 2.40. The van der Waals surface area contributed by atoms with Gasteiger partial charge in [0.05, 0.1) is 20.1 Å². The zero-order chi connectivity index (χ0) is 36.2. The molecule has 4 aromatic rings. The molecule has 0 fully saturated rings. The number of amides is 2. The number of aryl methyl sites for hydroxylation is 1. The number of fused-ring (bicyclic) bond motifs is 1. The number of hydrogen-bond acceptors (Lipinski definition) is 6. The number of hydrogen-bond donors (Lipinski definition) is 2. The van der Waals surface area contributed by atoms with Gasteiger partial charge in [-0.2, -0.15) is 0 Å². The SMILES string of the molecule is COc1c(OCCCNCCCc2ccccc2)cccc1[C@@H]1O[C@@H](CC(=O)NCc2ccccc2F)C(=O)N(CC(C)(C)C)c2ccccc21.Cl. The van der Waals surface area contributed by atoms with Crippen molar-refractivity contribution in [1.82, 2.24) is 10.6 Å². The summed E-state index contributed by atoms with van der Waals surface area (Å²) in [5, 5.41) is 6.27. The molecule has 2 atom stereocenters. The van der Waals surface area contributed by atoms with Crippen LogP contribution in [0.4, 0.5) is 10.1 Å². The maximum Gasteiger partial charge on any atom is 0.256 e. The molecule has 52 heavy (non-hydrogen) atoms. The fraction of sp³-hybridized carbons (Fsp3) is 0.381. The topological polar surface area (TPSA) is 89.1 Å². The van der Waals surface area contributed by atoms with E-state index in [4.69, 9.17) is 14.2 Å². The number of nitrogens with one attached hydrogen (secondary N) is 2. The lowest BCUT2D eigenvalue weighted by Crippen LogP contribution is -2.45. The highest BCUT2D eigenvalue weighted by atomic mass is 35.5. The molecular weight excluding hydrogens is 681 g/mol. The van der Waals surface area contributed by atoms with Crippen LogP contribution >= 0.6 is 12.4 Å². The van der Waals surface area contributed by atoms with Gasteiger partial charge in [0.1, 0.15) is 18.0 Å². The predicted octanol–water partition coefficient (Wildman–Crippen LogP) is 7.82. The zero-order valence-electron chi connectivity index (χ0n) is 30.5. The molecule has 2 amide bonds. The van der Waals surface area contributed by atoms with Gasteiger partial charge in [-0.05, 0) is 61.5 Å². The molecule has 8 nitrogen and oxygen atoms in total. The Hall–Kier alpha value is -4.44. The van der Waals surface area contributed by atoms with E-state index in [0.717, 1.165) is 37.9 Å². The van der Waals surface area contributed by atoms with Gasteiger partial charge in [-0.1, -0.05) is 99.6 Å². The number of benzene rings is 4. The first-order valence-electron chi connectivity index (χ1n) is 17.7. The Morgan fingerprint density at radius 2 is 1.58 bits per heavy atom. The van der Waals surface area contributed by atoms with Crippen molar-refractivity contribution < 1.29 is 28.2 Å². The van der Waals surface area contributed by atoms with Crippen LogP contribution in [0, 0.1) is 11.2 Å². The summed E-state index contributed by atoms with van der Waals surface area (Å²) >= 11 is 0. The minimum atomic E-state index is -1.12. The van der Waals surface area contributed by atoms with Gasteiger partial charge >= 0.3 is 0 Å². The molecule has 4 aromatic carbocycles. The largest absolute Gasteiger partial charge is 0.492 e. The van der Waals surface area contributed by atoms with Gasteiger partial charge in [-0.15, -0.1) is 12.4 Å². The Morgan fingerprint density at radius 1 is 0.885 bits per heavy atom. The minimum Gasteiger partial charge on any atom is -0.492 e. The van der Waals surface area contributed by atoms with Gasteiger partial charge in [-0.3, -0.25) is 9.59 Å². The first kappa shape index (κ1) is 40.3. The second kappa shape index (κ2) is 19.4. The van der Waals surface area contributed by atoms with E-state index in [-0.39, 0.29) is 36.7 Å². The second-order valence-corrected chi connectivity index (χ2v) is 14.0. The Bertz CT molecular complexity index is 1750. The highest BCUT2D eigenvalue weighted by molar-refractivity contribution is 6.00. The second-order valence-electron chi connectivity index (χ2n) is 14.0. The molecule has 278 valence electrons. The number of nitrogens with zero attached hydrogens (tertiary/aromatic N) is 1. The van der Waals surface area contributed by atoms with Crippen LogP contribution in [0.3, 0.4) is 0 Å². The van der Waals surface area contributed by atoms with Gasteiger partial charge in [0.15, 0.2) is 11.5 Å². The predicted molar refractivity (Wildman–Crippen MR) is 206 cm³/mol. The van der Waals surface area contributed by atoms with Crippen molar-refractivity contribution in [1.29, 1.82) is 0 Å². The molecule has 0 aliphatic carbocycles. The number of para-hydroxylation sites is 2.